The fourth-order valence-corrected chi connectivity index (χ4v) is 3.03. The molecule has 20 heavy (non-hydrogen) atoms. The van der Waals surface area contributed by atoms with E-state index in [-0.39, 0.29) is 16.2 Å². The normalized spacial score (nSPS) is 22.6. The van der Waals surface area contributed by atoms with Crippen LogP contribution in [0.2, 0.25) is 0 Å². The summed E-state index contributed by atoms with van der Waals surface area (Å²) in [5, 5.41) is 14.2. The van der Waals surface area contributed by atoms with Gasteiger partial charge in [0.2, 0.25) is 0 Å². The molecule has 110 valence electrons. The molecule has 2 unspecified atom stereocenters. The monoisotopic (exact) mass is 345 g/mol. The molecule has 1 saturated carbocycles. The Morgan fingerprint density at radius 1 is 1.45 bits per heavy atom. The van der Waals surface area contributed by atoms with Crippen molar-refractivity contribution >= 4 is 27.3 Å². The molecule has 5 nitrogen and oxygen atoms in total. The lowest BCUT2D eigenvalue weighted by Gasteiger charge is -2.32. The summed E-state index contributed by atoms with van der Waals surface area (Å²) in [7, 11) is 0. The zero-order valence-electron chi connectivity index (χ0n) is 10.9. The Bertz CT molecular complexity index is 513. The van der Waals surface area contributed by atoms with Crippen LogP contribution in [-0.4, -0.2) is 17.5 Å². The summed E-state index contributed by atoms with van der Waals surface area (Å²) in [6.45, 7) is 0.549. The Labute approximate surface area is 125 Å². The number of rotatable bonds is 4. The molecule has 0 aliphatic heterocycles. The maximum atomic E-state index is 13.4. The molecule has 1 aromatic rings. The molecule has 0 saturated heterocycles. The molecule has 0 bridgehead atoms. The number of hydrogen-bond acceptors (Lipinski definition) is 4. The van der Waals surface area contributed by atoms with E-state index in [1.807, 2.05) is 0 Å². The molecule has 0 spiro atoms. The van der Waals surface area contributed by atoms with Gasteiger partial charge in [-0.05, 0) is 47.3 Å². The Hall–Kier alpha value is -1.21. The van der Waals surface area contributed by atoms with Crippen molar-refractivity contribution in [3.63, 3.8) is 0 Å². The molecule has 2 rings (SSSR count). The Kier molecular flexibility index (Phi) is 4.93. The lowest BCUT2D eigenvalue weighted by Crippen LogP contribution is -2.36. The lowest BCUT2D eigenvalue weighted by atomic mass is 9.84. The van der Waals surface area contributed by atoms with Gasteiger partial charge in [-0.15, -0.1) is 0 Å². The maximum Gasteiger partial charge on any atom is 0.295 e. The van der Waals surface area contributed by atoms with E-state index in [9.17, 15) is 14.5 Å². The maximum absolute atomic E-state index is 13.4. The molecule has 1 aromatic carbocycles. The van der Waals surface area contributed by atoms with Gasteiger partial charge in [0, 0.05) is 6.04 Å². The molecular weight excluding hydrogens is 329 g/mol. The molecule has 0 aromatic heterocycles. The van der Waals surface area contributed by atoms with Crippen molar-refractivity contribution in [3.05, 3.63) is 32.5 Å². The largest absolute Gasteiger partial charge is 0.376 e. The Balaban J connectivity index is 2.27. The summed E-state index contributed by atoms with van der Waals surface area (Å²) in [6.07, 6.45) is 4.15. The van der Waals surface area contributed by atoms with E-state index in [1.54, 1.807) is 0 Å². The van der Waals surface area contributed by atoms with Crippen molar-refractivity contribution in [1.82, 2.24) is 0 Å². The van der Waals surface area contributed by atoms with Crippen LogP contribution in [0.5, 0.6) is 0 Å². The number of nitrogens with two attached hydrogens (primary N) is 1. The van der Waals surface area contributed by atoms with Crippen LogP contribution in [0.15, 0.2) is 16.6 Å². The fraction of sp³-hybridized carbons (Fsp3) is 0.538. The smallest absolute Gasteiger partial charge is 0.295 e. The quantitative estimate of drug-likeness (QED) is 0.647. The van der Waals surface area contributed by atoms with E-state index >= 15 is 0 Å². The summed E-state index contributed by atoms with van der Waals surface area (Å²) in [4.78, 5) is 10.5. The average Bonchev–Trinajstić information content (AvgIpc) is 2.43. The highest BCUT2D eigenvalue weighted by Crippen LogP contribution is 2.34. The van der Waals surface area contributed by atoms with Gasteiger partial charge in [0.1, 0.15) is 11.5 Å². The number of benzene rings is 1. The van der Waals surface area contributed by atoms with Gasteiger partial charge in [0.05, 0.1) is 15.5 Å². The van der Waals surface area contributed by atoms with Crippen LogP contribution in [0.25, 0.3) is 0 Å². The minimum atomic E-state index is -0.638. The first kappa shape index (κ1) is 15.2. The van der Waals surface area contributed by atoms with Gasteiger partial charge in [-0.1, -0.05) is 12.8 Å². The van der Waals surface area contributed by atoms with Crippen LogP contribution in [-0.2, 0) is 0 Å². The average molecular weight is 346 g/mol. The standard InChI is InChI=1S/C13H17BrFN3O2/c14-9-5-12(13(18(19)20)6-10(9)15)17-11-4-2-1-3-8(11)7-16/h5-6,8,11,17H,1-4,7,16H2. The van der Waals surface area contributed by atoms with Crippen LogP contribution in [0.1, 0.15) is 25.7 Å². The third kappa shape index (κ3) is 3.27. The van der Waals surface area contributed by atoms with E-state index in [1.165, 1.54) is 6.07 Å². The van der Waals surface area contributed by atoms with Crippen molar-refractivity contribution in [1.29, 1.82) is 0 Å². The van der Waals surface area contributed by atoms with Crippen LogP contribution < -0.4 is 11.1 Å². The summed E-state index contributed by atoms with van der Waals surface area (Å²) < 4.78 is 13.7. The van der Waals surface area contributed by atoms with Gasteiger partial charge in [-0.2, -0.15) is 0 Å². The SMILES string of the molecule is NCC1CCCCC1Nc1cc(Br)c(F)cc1[N+](=O)[O-]. The van der Waals surface area contributed by atoms with E-state index < -0.39 is 10.7 Å². The van der Waals surface area contributed by atoms with Crippen molar-refractivity contribution in [2.24, 2.45) is 11.7 Å². The fourth-order valence-electron chi connectivity index (χ4n) is 2.68. The van der Waals surface area contributed by atoms with Crippen LogP contribution >= 0.6 is 15.9 Å². The number of hydrogen-bond donors (Lipinski definition) is 2. The van der Waals surface area contributed by atoms with Gasteiger partial charge < -0.3 is 11.1 Å². The van der Waals surface area contributed by atoms with Crippen molar-refractivity contribution in [2.75, 3.05) is 11.9 Å². The number of nitro benzene ring substituents is 1. The molecule has 1 aliphatic carbocycles. The molecule has 0 amide bonds. The van der Waals surface area contributed by atoms with Crippen molar-refractivity contribution in [3.8, 4) is 0 Å². The van der Waals surface area contributed by atoms with E-state index in [2.05, 4.69) is 21.2 Å². The molecule has 0 heterocycles. The summed E-state index contributed by atoms with van der Waals surface area (Å²) >= 11 is 3.06. The number of anilines is 1. The van der Waals surface area contributed by atoms with Gasteiger partial charge in [0.15, 0.2) is 0 Å². The topological polar surface area (TPSA) is 81.2 Å². The zero-order valence-corrected chi connectivity index (χ0v) is 12.5. The second-order valence-electron chi connectivity index (χ2n) is 5.07. The zero-order chi connectivity index (χ0) is 14.7. The third-order valence-corrected chi connectivity index (χ3v) is 4.40. The van der Waals surface area contributed by atoms with E-state index in [0.29, 0.717) is 18.2 Å². The van der Waals surface area contributed by atoms with Gasteiger partial charge in [0.25, 0.3) is 5.69 Å². The molecule has 1 fully saturated rings. The molecule has 0 radical (unpaired) electrons. The van der Waals surface area contributed by atoms with Gasteiger partial charge in [-0.25, -0.2) is 4.39 Å². The summed E-state index contributed by atoms with van der Waals surface area (Å²) in [5.74, 6) is -0.339. The van der Waals surface area contributed by atoms with Crippen LogP contribution in [0.4, 0.5) is 15.8 Å². The van der Waals surface area contributed by atoms with Crippen LogP contribution in [0.3, 0.4) is 0 Å². The Morgan fingerprint density at radius 3 is 2.80 bits per heavy atom. The number of nitro groups is 1. The first-order valence-electron chi connectivity index (χ1n) is 6.63. The van der Waals surface area contributed by atoms with Crippen molar-refractivity contribution in [2.45, 2.75) is 31.7 Å². The minimum Gasteiger partial charge on any atom is -0.376 e. The second-order valence-corrected chi connectivity index (χ2v) is 5.93. The molecule has 3 N–H and O–H groups in total. The predicted molar refractivity (Wildman–Crippen MR) is 79.2 cm³/mol. The summed E-state index contributed by atoms with van der Waals surface area (Å²) in [5.41, 5.74) is 5.85. The van der Waals surface area contributed by atoms with Crippen LogP contribution in [0, 0.1) is 21.8 Å². The van der Waals surface area contributed by atoms with E-state index in [4.69, 9.17) is 5.73 Å². The van der Waals surface area contributed by atoms with E-state index in [0.717, 1.165) is 31.7 Å². The predicted octanol–water partition coefficient (Wildman–Crippen LogP) is 3.43. The first-order chi connectivity index (χ1) is 9.52. The summed E-state index contributed by atoms with van der Waals surface area (Å²) in [6, 6.07) is 2.47. The highest BCUT2D eigenvalue weighted by Gasteiger charge is 2.27. The second kappa shape index (κ2) is 6.49. The number of halogens is 2. The third-order valence-electron chi connectivity index (χ3n) is 3.79. The molecule has 1 aliphatic rings. The number of nitrogens with zero attached hydrogens (tertiary/aromatic N) is 1. The highest BCUT2D eigenvalue weighted by molar-refractivity contribution is 9.10. The Morgan fingerprint density at radius 2 is 2.15 bits per heavy atom. The molecule has 2 atom stereocenters. The van der Waals surface area contributed by atoms with Crippen molar-refractivity contribution < 1.29 is 9.31 Å². The lowest BCUT2D eigenvalue weighted by molar-refractivity contribution is -0.384. The molecular formula is C13H17BrFN3O2. The van der Waals surface area contributed by atoms with Gasteiger partial charge >= 0.3 is 0 Å². The van der Waals surface area contributed by atoms with Gasteiger partial charge in [-0.3, -0.25) is 10.1 Å². The highest BCUT2D eigenvalue weighted by atomic mass is 79.9. The minimum absolute atomic E-state index is 0.102. The number of nitrogens with one attached hydrogen (secondary N) is 1. The molecule has 7 heteroatoms. The first-order valence-corrected chi connectivity index (χ1v) is 7.42.